The van der Waals surface area contributed by atoms with Crippen LogP contribution in [0.2, 0.25) is 0 Å². The van der Waals surface area contributed by atoms with Crippen molar-refractivity contribution >= 4 is 32.3 Å². The number of ketones is 1. The number of aromatic nitrogens is 2. The largest absolute Gasteiger partial charge is 0.326 e. The third-order valence-corrected chi connectivity index (χ3v) is 7.87. The van der Waals surface area contributed by atoms with Crippen LogP contribution < -0.4 is 5.73 Å². The zero-order valence-corrected chi connectivity index (χ0v) is 20.2. The van der Waals surface area contributed by atoms with Crippen molar-refractivity contribution in [2.75, 3.05) is 19.6 Å². The minimum Gasteiger partial charge on any atom is -0.326 e. The second kappa shape index (κ2) is 9.75. The van der Waals surface area contributed by atoms with Crippen molar-refractivity contribution < 1.29 is 4.79 Å². The molecule has 1 aliphatic rings. The molecule has 0 spiro atoms. The zero-order valence-electron chi connectivity index (χ0n) is 19.3. The molecule has 0 radical (unpaired) electrons. The van der Waals surface area contributed by atoms with E-state index >= 15 is 0 Å². The average molecular weight is 461 g/mol. The number of aryl methyl sites for hydroxylation is 1. The first-order valence-electron chi connectivity index (χ1n) is 12.1. The van der Waals surface area contributed by atoms with E-state index < -0.39 is 0 Å². The quantitative estimate of drug-likeness (QED) is 0.266. The Morgan fingerprint density at radius 1 is 1.09 bits per heavy atom. The van der Waals surface area contributed by atoms with Gasteiger partial charge in [0.2, 0.25) is 0 Å². The van der Waals surface area contributed by atoms with E-state index in [1.807, 2.05) is 12.1 Å². The molecule has 4 aromatic rings. The molecular formula is C27H32N4OS. The number of fused-ring (bicyclic) bond motifs is 3. The Balaban J connectivity index is 1.27. The highest BCUT2D eigenvalue weighted by atomic mass is 32.1. The van der Waals surface area contributed by atoms with Gasteiger partial charge in [0.1, 0.15) is 0 Å². The molecule has 2 N–H and O–H groups in total. The van der Waals surface area contributed by atoms with Gasteiger partial charge in [-0.3, -0.25) is 9.20 Å². The van der Waals surface area contributed by atoms with E-state index in [-0.39, 0.29) is 5.78 Å². The van der Waals surface area contributed by atoms with Crippen molar-refractivity contribution in [2.45, 2.75) is 52.0 Å². The second-order valence-corrected chi connectivity index (χ2v) is 10.2. The molecule has 172 valence electrons. The van der Waals surface area contributed by atoms with E-state index in [4.69, 9.17) is 10.7 Å². The molecule has 2 aromatic carbocycles. The number of carbonyl (C=O) groups excluding carboxylic acids is 1. The highest BCUT2D eigenvalue weighted by Gasteiger charge is 2.14. The molecule has 0 aliphatic carbocycles. The first kappa shape index (κ1) is 22.3. The molecule has 33 heavy (non-hydrogen) atoms. The Kier molecular flexibility index (Phi) is 6.58. The van der Waals surface area contributed by atoms with E-state index in [0.29, 0.717) is 13.0 Å². The molecule has 1 saturated heterocycles. The van der Waals surface area contributed by atoms with Crippen molar-refractivity contribution in [1.29, 1.82) is 0 Å². The van der Waals surface area contributed by atoms with Crippen LogP contribution in [0.4, 0.5) is 0 Å². The van der Waals surface area contributed by atoms with Gasteiger partial charge in [-0.15, -0.1) is 0 Å². The van der Waals surface area contributed by atoms with Gasteiger partial charge in [0.05, 0.1) is 15.9 Å². The van der Waals surface area contributed by atoms with Crippen molar-refractivity contribution in [2.24, 2.45) is 5.73 Å². The van der Waals surface area contributed by atoms with Crippen LogP contribution in [0, 0.1) is 6.92 Å². The van der Waals surface area contributed by atoms with Crippen LogP contribution in [-0.4, -0.2) is 39.7 Å². The lowest BCUT2D eigenvalue weighted by molar-refractivity contribution is 0.0977. The van der Waals surface area contributed by atoms with E-state index in [0.717, 1.165) is 56.9 Å². The number of unbranched alkanes of at least 4 members (excludes halogenated alkanes) is 1. The van der Waals surface area contributed by atoms with Gasteiger partial charge in [0, 0.05) is 30.3 Å². The van der Waals surface area contributed by atoms with Crippen LogP contribution in [0.5, 0.6) is 0 Å². The monoisotopic (exact) mass is 460 g/mol. The molecule has 1 fully saturated rings. The summed E-state index contributed by atoms with van der Waals surface area (Å²) < 4.78 is 3.24. The van der Waals surface area contributed by atoms with Gasteiger partial charge in [-0.25, -0.2) is 4.98 Å². The highest BCUT2D eigenvalue weighted by molar-refractivity contribution is 7.23. The Hall–Kier alpha value is -2.54. The number of hydrogen-bond donors (Lipinski definition) is 1. The molecule has 6 heteroatoms. The number of imidazole rings is 1. The standard InChI is InChI=1S/C27H32N4OS/c1-19-15-20(8-9-22(19)17-28)23-18-31-24-11-10-21(16-26(24)33-27(31)29-23)25(32)7-3-6-14-30-12-4-2-5-13-30/h8-11,15-16,18H,2-7,12-14,17,28H2,1H3. The molecule has 0 amide bonds. The van der Waals surface area contributed by atoms with E-state index in [1.54, 1.807) is 11.3 Å². The number of rotatable bonds is 8. The number of nitrogens with two attached hydrogens (primary N) is 1. The molecule has 5 rings (SSSR count). The maximum atomic E-state index is 12.8. The van der Waals surface area contributed by atoms with Crippen molar-refractivity contribution in [3.63, 3.8) is 0 Å². The number of carbonyl (C=O) groups is 1. The SMILES string of the molecule is Cc1cc(-c2cn3c(n2)sc2cc(C(=O)CCCCN4CCCCC4)ccc23)ccc1CN. The number of nitrogens with zero attached hydrogens (tertiary/aromatic N) is 3. The van der Waals surface area contributed by atoms with Gasteiger partial charge in [0.15, 0.2) is 10.7 Å². The number of benzene rings is 2. The Labute approximate surface area is 199 Å². The number of Topliss-reactive ketones (excluding diaryl/α,β-unsaturated/α-hetero) is 1. The van der Waals surface area contributed by atoms with Gasteiger partial charge in [-0.2, -0.15) is 0 Å². The van der Waals surface area contributed by atoms with E-state index in [2.05, 4.69) is 46.7 Å². The summed E-state index contributed by atoms with van der Waals surface area (Å²) in [6.07, 6.45) is 8.81. The Morgan fingerprint density at radius 2 is 1.94 bits per heavy atom. The summed E-state index contributed by atoms with van der Waals surface area (Å²) in [6.45, 7) is 6.22. The predicted molar refractivity (Wildman–Crippen MR) is 137 cm³/mol. The lowest BCUT2D eigenvalue weighted by Gasteiger charge is -2.26. The number of hydrogen-bond acceptors (Lipinski definition) is 5. The second-order valence-electron chi connectivity index (χ2n) is 9.19. The number of piperidine rings is 1. The average Bonchev–Trinajstić information content (AvgIpc) is 3.40. The first-order valence-corrected chi connectivity index (χ1v) is 12.9. The van der Waals surface area contributed by atoms with Crippen LogP contribution in [-0.2, 0) is 6.54 Å². The minimum atomic E-state index is 0.248. The molecular weight excluding hydrogens is 428 g/mol. The van der Waals surface area contributed by atoms with Crippen molar-refractivity contribution in [1.82, 2.24) is 14.3 Å². The van der Waals surface area contributed by atoms with Crippen LogP contribution in [0.3, 0.4) is 0 Å². The van der Waals surface area contributed by atoms with Gasteiger partial charge >= 0.3 is 0 Å². The normalized spacial score (nSPS) is 15.0. The maximum Gasteiger partial charge on any atom is 0.195 e. The van der Waals surface area contributed by atoms with Crippen molar-refractivity contribution in [3.05, 3.63) is 59.3 Å². The highest BCUT2D eigenvalue weighted by Crippen LogP contribution is 2.31. The minimum absolute atomic E-state index is 0.248. The summed E-state index contributed by atoms with van der Waals surface area (Å²) in [5, 5.41) is 0. The lowest BCUT2D eigenvalue weighted by atomic mass is 10.0. The smallest absolute Gasteiger partial charge is 0.195 e. The summed E-state index contributed by atoms with van der Waals surface area (Å²) in [5.74, 6) is 0.248. The first-order chi connectivity index (χ1) is 16.1. The van der Waals surface area contributed by atoms with Crippen LogP contribution in [0.25, 0.3) is 26.4 Å². The fourth-order valence-corrected chi connectivity index (χ4v) is 5.89. The number of thiazole rings is 1. The summed E-state index contributed by atoms with van der Waals surface area (Å²) in [4.78, 5) is 21.1. The Bertz CT molecular complexity index is 1280. The fourth-order valence-electron chi connectivity index (χ4n) is 4.85. The molecule has 1 aliphatic heterocycles. The van der Waals surface area contributed by atoms with Crippen LogP contribution in [0.1, 0.15) is 60.0 Å². The van der Waals surface area contributed by atoms with E-state index in [9.17, 15) is 4.79 Å². The maximum absolute atomic E-state index is 12.8. The van der Waals surface area contributed by atoms with Gasteiger partial charge in [-0.1, -0.05) is 29.9 Å². The summed E-state index contributed by atoms with van der Waals surface area (Å²) in [6, 6.07) is 12.4. The molecule has 5 nitrogen and oxygen atoms in total. The van der Waals surface area contributed by atoms with Crippen LogP contribution >= 0.6 is 11.3 Å². The molecule has 2 aromatic heterocycles. The van der Waals surface area contributed by atoms with Gasteiger partial charge in [0.25, 0.3) is 0 Å². The third kappa shape index (κ3) is 4.74. The summed E-state index contributed by atoms with van der Waals surface area (Å²) in [5.41, 5.74) is 12.1. The molecule has 0 saturated carbocycles. The predicted octanol–water partition coefficient (Wildman–Crippen LogP) is 5.82. The summed E-state index contributed by atoms with van der Waals surface area (Å²) >= 11 is 1.64. The molecule has 3 heterocycles. The number of likely N-dealkylation sites (tertiary alicyclic amines) is 1. The topological polar surface area (TPSA) is 63.6 Å². The van der Waals surface area contributed by atoms with Gasteiger partial charge in [-0.05, 0) is 87.6 Å². The molecule has 0 unspecified atom stereocenters. The summed E-state index contributed by atoms with van der Waals surface area (Å²) in [7, 11) is 0. The Morgan fingerprint density at radius 3 is 2.73 bits per heavy atom. The van der Waals surface area contributed by atoms with Crippen molar-refractivity contribution in [3.8, 4) is 11.3 Å². The van der Waals surface area contributed by atoms with Crippen LogP contribution in [0.15, 0.2) is 42.6 Å². The third-order valence-electron chi connectivity index (χ3n) is 6.85. The molecule has 0 atom stereocenters. The van der Waals surface area contributed by atoms with Gasteiger partial charge < -0.3 is 10.6 Å². The van der Waals surface area contributed by atoms with E-state index in [1.165, 1.54) is 37.9 Å². The molecule has 0 bridgehead atoms. The zero-order chi connectivity index (χ0) is 22.8. The lowest BCUT2D eigenvalue weighted by Crippen LogP contribution is -2.30. The fraction of sp³-hybridized carbons (Fsp3) is 0.407.